The molecule has 3 unspecified atom stereocenters. The topological polar surface area (TPSA) is 117 Å². The second kappa shape index (κ2) is 6.61. The van der Waals surface area contributed by atoms with Gasteiger partial charge in [-0.05, 0) is 6.42 Å². The molecule has 0 bridgehead atoms. The van der Waals surface area contributed by atoms with Crippen molar-refractivity contribution in [1.29, 1.82) is 0 Å². The van der Waals surface area contributed by atoms with Gasteiger partial charge >= 0.3 is 18.1 Å². The number of nitrogens with zero attached hydrogens (tertiary/aromatic N) is 1. The maximum Gasteiger partial charge on any atom is 0.407 e. The Morgan fingerprint density at radius 3 is 2.71 bits per heavy atom. The van der Waals surface area contributed by atoms with Crippen molar-refractivity contribution < 1.29 is 29.0 Å². The Kier molecular flexibility index (Phi) is 4.84. The van der Waals surface area contributed by atoms with Crippen LogP contribution in [0.4, 0.5) is 9.59 Å². The van der Waals surface area contributed by atoms with E-state index in [1.807, 2.05) is 0 Å². The molecule has 0 radical (unpaired) electrons. The molecule has 2 aliphatic rings. The van der Waals surface area contributed by atoms with E-state index in [-0.39, 0.29) is 25.3 Å². The maximum absolute atomic E-state index is 12.1. The highest BCUT2D eigenvalue weighted by molar-refractivity contribution is 5.77. The minimum absolute atomic E-state index is 0.104. The number of methoxy groups -OCH3 is 1. The molecule has 2 aliphatic heterocycles. The lowest BCUT2D eigenvalue weighted by Gasteiger charge is -2.22. The standard InChI is InChI=1S/C12H19N3O6/c1-20-12(19)13-7-2-3-15(4-7)11(18)14-9-6-21-5-8(9)10(16)17/h7-9H,2-6H2,1H3,(H,13,19)(H,14,18)(H,16,17). The van der Waals surface area contributed by atoms with E-state index in [2.05, 4.69) is 15.4 Å². The Balaban J connectivity index is 1.82. The molecule has 0 aromatic carbocycles. The summed E-state index contributed by atoms with van der Waals surface area (Å²) in [4.78, 5) is 35.8. The van der Waals surface area contributed by atoms with E-state index in [9.17, 15) is 14.4 Å². The summed E-state index contributed by atoms with van der Waals surface area (Å²) >= 11 is 0. The minimum atomic E-state index is -0.982. The summed E-state index contributed by atoms with van der Waals surface area (Å²) in [5.74, 6) is -1.70. The molecule has 0 aromatic heterocycles. The predicted octanol–water partition coefficient (Wildman–Crippen LogP) is -0.774. The minimum Gasteiger partial charge on any atom is -0.481 e. The smallest absolute Gasteiger partial charge is 0.407 e. The number of amides is 3. The second-order valence-electron chi connectivity index (χ2n) is 5.11. The monoisotopic (exact) mass is 301 g/mol. The van der Waals surface area contributed by atoms with Crippen LogP contribution in [-0.4, -0.2) is 73.6 Å². The summed E-state index contributed by atoms with van der Waals surface area (Å²) < 4.78 is 9.60. The summed E-state index contributed by atoms with van der Waals surface area (Å²) in [7, 11) is 1.28. The van der Waals surface area contributed by atoms with Crippen molar-refractivity contribution in [2.75, 3.05) is 33.4 Å². The molecule has 2 fully saturated rings. The van der Waals surface area contributed by atoms with Gasteiger partial charge in [-0.3, -0.25) is 4.79 Å². The maximum atomic E-state index is 12.1. The van der Waals surface area contributed by atoms with E-state index in [1.54, 1.807) is 0 Å². The molecule has 2 saturated heterocycles. The first-order chi connectivity index (χ1) is 10.0. The number of carboxylic acid groups (broad SMARTS) is 1. The van der Waals surface area contributed by atoms with E-state index in [1.165, 1.54) is 12.0 Å². The van der Waals surface area contributed by atoms with Crippen molar-refractivity contribution in [2.45, 2.75) is 18.5 Å². The van der Waals surface area contributed by atoms with Crippen molar-refractivity contribution in [3.8, 4) is 0 Å². The third kappa shape index (κ3) is 3.75. The van der Waals surface area contributed by atoms with Gasteiger partial charge in [-0.1, -0.05) is 0 Å². The number of hydrogen-bond donors (Lipinski definition) is 3. The lowest BCUT2D eigenvalue weighted by molar-refractivity contribution is -0.142. The van der Waals surface area contributed by atoms with Crippen LogP contribution in [0.25, 0.3) is 0 Å². The fraction of sp³-hybridized carbons (Fsp3) is 0.750. The predicted molar refractivity (Wildman–Crippen MR) is 69.8 cm³/mol. The third-order valence-corrected chi connectivity index (χ3v) is 3.69. The van der Waals surface area contributed by atoms with Gasteiger partial charge in [0.15, 0.2) is 0 Å². The highest BCUT2D eigenvalue weighted by Gasteiger charge is 2.37. The van der Waals surface area contributed by atoms with Crippen LogP contribution in [0.3, 0.4) is 0 Å². The number of carbonyl (C=O) groups is 3. The molecular formula is C12H19N3O6. The van der Waals surface area contributed by atoms with Crippen LogP contribution in [0.15, 0.2) is 0 Å². The van der Waals surface area contributed by atoms with Gasteiger partial charge in [0.1, 0.15) is 5.92 Å². The number of urea groups is 1. The van der Waals surface area contributed by atoms with Crippen LogP contribution in [0.5, 0.6) is 0 Å². The molecular weight excluding hydrogens is 282 g/mol. The number of hydrogen-bond acceptors (Lipinski definition) is 5. The molecule has 0 spiro atoms. The van der Waals surface area contributed by atoms with E-state index in [4.69, 9.17) is 9.84 Å². The number of alkyl carbamates (subject to hydrolysis) is 1. The Morgan fingerprint density at radius 2 is 2.05 bits per heavy atom. The van der Waals surface area contributed by atoms with Gasteiger partial charge in [-0.15, -0.1) is 0 Å². The molecule has 0 saturated carbocycles. The zero-order chi connectivity index (χ0) is 15.4. The molecule has 21 heavy (non-hydrogen) atoms. The van der Waals surface area contributed by atoms with Crippen LogP contribution in [0.2, 0.25) is 0 Å². The molecule has 2 rings (SSSR count). The second-order valence-corrected chi connectivity index (χ2v) is 5.11. The molecule has 9 heteroatoms. The van der Waals surface area contributed by atoms with Gasteiger partial charge in [-0.25, -0.2) is 9.59 Å². The van der Waals surface area contributed by atoms with Crippen LogP contribution < -0.4 is 10.6 Å². The lowest BCUT2D eigenvalue weighted by Crippen LogP contribution is -2.49. The van der Waals surface area contributed by atoms with Crippen molar-refractivity contribution >= 4 is 18.1 Å². The van der Waals surface area contributed by atoms with Gasteiger partial charge in [0.05, 0.1) is 32.4 Å². The van der Waals surface area contributed by atoms with E-state index in [0.29, 0.717) is 19.5 Å². The fourth-order valence-electron chi connectivity index (χ4n) is 2.48. The summed E-state index contributed by atoms with van der Waals surface area (Å²) in [5.41, 5.74) is 0. The molecule has 2 heterocycles. The number of nitrogens with one attached hydrogen (secondary N) is 2. The van der Waals surface area contributed by atoms with Gasteiger partial charge in [0.25, 0.3) is 0 Å². The molecule has 0 aromatic rings. The van der Waals surface area contributed by atoms with E-state index in [0.717, 1.165) is 0 Å². The van der Waals surface area contributed by atoms with Crippen molar-refractivity contribution in [1.82, 2.24) is 15.5 Å². The van der Waals surface area contributed by atoms with Crippen LogP contribution in [0, 0.1) is 5.92 Å². The van der Waals surface area contributed by atoms with Crippen molar-refractivity contribution in [3.63, 3.8) is 0 Å². The molecule has 3 atom stereocenters. The lowest BCUT2D eigenvalue weighted by atomic mass is 10.0. The average Bonchev–Trinajstić information content (AvgIpc) is 3.07. The fourth-order valence-corrected chi connectivity index (χ4v) is 2.48. The first kappa shape index (κ1) is 15.4. The molecule has 0 aliphatic carbocycles. The van der Waals surface area contributed by atoms with Gasteiger partial charge in [0, 0.05) is 13.1 Å². The number of carboxylic acids is 1. The number of aliphatic carboxylic acids is 1. The van der Waals surface area contributed by atoms with E-state index < -0.39 is 24.0 Å². The average molecular weight is 301 g/mol. The summed E-state index contributed by atoms with van der Waals surface area (Å²) in [6.07, 6.45) is 0.101. The SMILES string of the molecule is COC(=O)NC1CCN(C(=O)NC2COCC2C(=O)O)C1. The Hall–Kier alpha value is -2.03. The highest BCUT2D eigenvalue weighted by atomic mass is 16.5. The number of ether oxygens (including phenoxy) is 2. The van der Waals surface area contributed by atoms with Crippen molar-refractivity contribution in [3.05, 3.63) is 0 Å². The van der Waals surface area contributed by atoms with Crippen LogP contribution >= 0.6 is 0 Å². The Morgan fingerprint density at radius 1 is 1.29 bits per heavy atom. The first-order valence-corrected chi connectivity index (χ1v) is 6.71. The Bertz CT molecular complexity index is 429. The zero-order valence-corrected chi connectivity index (χ0v) is 11.7. The molecule has 118 valence electrons. The summed E-state index contributed by atoms with van der Waals surface area (Å²) in [5, 5.41) is 14.3. The van der Waals surface area contributed by atoms with Gasteiger partial charge < -0.3 is 30.1 Å². The van der Waals surface area contributed by atoms with Crippen LogP contribution in [0.1, 0.15) is 6.42 Å². The van der Waals surface area contributed by atoms with Crippen molar-refractivity contribution in [2.24, 2.45) is 5.92 Å². The Labute approximate surface area is 121 Å². The summed E-state index contributed by atoms with van der Waals surface area (Å²) in [6, 6.07) is -1.02. The van der Waals surface area contributed by atoms with E-state index >= 15 is 0 Å². The van der Waals surface area contributed by atoms with Gasteiger partial charge in [-0.2, -0.15) is 0 Å². The number of likely N-dealkylation sites (tertiary alicyclic amines) is 1. The highest BCUT2D eigenvalue weighted by Crippen LogP contribution is 2.15. The number of carbonyl (C=O) groups excluding carboxylic acids is 2. The normalized spacial score (nSPS) is 28.2. The van der Waals surface area contributed by atoms with Crippen LogP contribution in [-0.2, 0) is 14.3 Å². The molecule has 3 N–H and O–H groups in total. The molecule has 9 nitrogen and oxygen atoms in total. The molecule has 3 amide bonds. The number of rotatable bonds is 3. The largest absolute Gasteiger partial charge is 0.481 e. The van der Waals surface area contributed by atoms with Gasteiger partial charge in [0.2, 0.25) is 0 Å². The summed E-state index contributed by atoms with van der Waals surface area (Å²) in [6.45, 7) is 1.16. The third-order valence-electron chi connectivity index (χ3n) is 3.69. The zero-order valence-electron chi connectivity index (χ0n) is 11.7. The first-order valence-electron chi connectivity index (χ1n) is 6.71. The quantitative estimate of drug-likeness (QED) is 0.630.